The van der Waals surface area contributed by atoms with E-state index in [0.717, 1.165) is 18.5 Å². The average molecular weight is 355 g/mol. The second-order valence-electron chi connectivity index (χ2n) is 5.19. The van der Waals surface area contributed by atoms with Gasteiger partial charge in [0.15, 0.2) is 0 Å². The van der Waals surface area contributed by atoms with Gasteiger partial charge < -0.3 is 14.1 Å². The van der Waals surface area contributed by atoms with Gasteiger partial charge in [0, 0.05) is 18.7 Å². The molecule has 0 bridgehead atoms. The van der Waals surface area contributed by atoms with E-state index >= 15 is 0 Å². The van der Waals surface area contributed by atoms with Gasteiger partial charge in [-0.05, 0) is 24.1 Å². The minimum atomic E-state index is -2.83. The molecule has 0 spiro atoms. The number of hydrogen-bond acceptors (Lipinski definition) is 6. The van der Waals surface area contributed by atoms with Crippen LogP contribution in [-0.2, 0) is 17.1 Å². The maximum absolute atomic E-state index is 12.1. The molecule has 1 fully saturated rings. The Balaban J connectivity index is 1.50. The lowest BCUT2D eigenvalue weighted by Crippen LogP contribution is -2.23. The first-order chi connectivity index (χ1) is 11.6. The van der Waals surface area contributed by atoms with E-state index in [1.807, 2.05) is 0 Å². The molecule has 3 rings (SSSR count). The van der Waals surface area contributed by atoms with Crippen molar-refractivity contribution in [1.29, 1.82) is 0 Å². The van der Waals surface area contributed by atoms with Crippen LogP contribution in [0.1, 0.15) is 24.3 Å². The highest BCUT2D eigenvalue weighted by atomic mass is 32.2. The molecular weight excluding hydrogens is 340 g/mol. The lowest BCUT2D eigenvalue weighted by atomic mass is 10.2. The molecule has 1 aliphatic heterocycles. The zero-order chi connectivity index (χ0) is 16.9. The van der Waals surface area contributed by atoms with Gasteiger partial charge in [-0.15, -0.1) is 10.2 Å². The molecule has 6 nitrogen and oxygen atoms in total. The van der Waals surface area contributed by atoms with Crippen LogP contribution in [0.3, 0.4) is 0 Å². The number of thioether (sulfide) groups is 1. The predicted molar refractivity (Wildman–Crippen MR) is 81.6 cm³/mol. The van der Waals surface area contributed by atoms with Crippen molar-refractivity contribution in [2.24, 2.45) is 0 Å². The molecular formula is C15H15F2N3O3S. The van der Waals surface area contributed by atoms with E-state index in [4.69, 9.17) is 4.42 Å². The molecule has 2 heterocycles. The van der Waals surface area contributed by atoms with Gasteiger partial charge in [-0.3, -0.25) is 4.79 Å². The van der Waals surface area contributed by atoms with Crippen molar-refractivity contribution < 1.29 is 22.7 Å². The Morgan fingerprint density at radius 2 is 2.08 bits per heavy atom. The lowest BCUT2D eigenvalue weighted by molar-refractivity contribution is -0.128. The van der Waals surface area contributed by atoms with Gasteiger partial charge in [-0.2, -0.15) is 8.78 Å². The highest BCUT2D eigenvalue weighted by molar-refractivity contribution is 7.98. The molecule has 0 N–H and O–H groups in total. The zero-order valence-corrected chi connectivity index (χ0v) is 13.5. The monoisotopic (exact) mass is 355 g/mol. The fourth-order valence-corrected chi connectivity index (χ4v) is 3.04. The van der Waals surface area contributed by atoms with Crippen molar-refractivity contribution in [3.8, 4) is 5.75 Å². The van der Waals surface area contributed by atoms with Crippen molar-refractivity contribution in [3.63, 3.8) is 0 Å². The van der Waals surface area contributed by atoms with E-state index in [-0.39, 0.29) is 11.7 Å². The molecule has 24 heavy (non-hydrogen) atoms. The number of hydrogen-bond donors (Lipinski definition) is 0. The molecule has 1 aromatic heterocycles. The molecule has 0 saturated carbocycles. The van der Waals surface area contributed by atoms with Crippen molar-refractivity contribution in [2.45, 2.75) is 37.0 Å². The van der Waals surface area contributed by atoms with Crippen LogP contribution >= 0.6 is 11.8 Å². The van der Waals surface area contributed by atoms with Crippen molar-refractivity contribution in [1.82, 2.24) is 15.1 Å². The Hall–Kier alpha value is -2.16. The number of carbonyl (C=O) groups is 1. The number of halogens is 2. The van der Waals surface area contributed by atoms with Crippen LogP contribution in [0.2, 0.25) is 0 Å². The average Bonchev–Trinajstić information content (AvgIpc) is 3.16. The number of ether oxygens (including phenoxy) is 1. The van der Waals surface area contributed by atoms with Crippen LogP contribution in [0.15, 0.2) is 33.9 Å². The Bertz CT molecular complexity index is 694. The van der Waals surface area contributed by atoms with E-state index in [1.54, 1.807) is 17.0 Å². The second-order valence-corrected chi connectivity index (χ2v) is 6.12. The molecule has 2 aromatic rings. The molecule has 9 heteroatoms. The molecule has 1 aromatic carbocycles. The van der Waals surface area contributed by atoms with Gasteiger partial charge in [0.2, 0.25) is 11.8 Å². The first-order valence-corrected chi connectivity index (χ1v) is 8.35. The molecule has 1 amide bonds. The quantitative estimate of drug-likeness (QED) is 0.711. The summed E-state index contributed by atoms with van der Waals surface area (Å²) in [6.45, 7) is -1.77. The Morgan fingerprint density at radius 3 is 2.75 bits per heavy atom. The standard InChI is InChI=1S/C15H15F2N3O3S/c16-14(17)22-11-5-3-10(4-6-11)9-24-15-19-18-12(23-15)8-20-7-1-2-13(20)21/h3-6,14H,1-2,7-9H2. The van der Waals surface area contributed by atoms with E-state index in [2.05, 4.69) is 14.9 Å². The fraction of sp³-hybridized carbons (Fsp3) is 0.400. The number of nitrogens with zero attached hydrogens (tertiary/aromatic N) is 3. The minimum absolute atomic E-state index is 0.105. The van der Waals surface area contributed by atoms with Crippen LogP contribution in [0, 0.1) is 0 Å². The predicted octanol–water partition coefficient (Wildman–Crippen LogP) is 3.09. The Kier molecular flexibility index (Phi) is 5.29. The maximum Gasteiger partial charge on any atom is 0.387 e. The van der Waals surface area contributed by atoms with Crippen molar-refractivity contribution in [2.75, 3.05) is 6.54 Å². The molecule has 0 unspecified atom stereocenters. The third kappa shape index (κ3) is 4.44. The summed E-state index contributed by atoms with van der Waals surface area (Å²) in [4.78, 5) is 13.3. The maximum atomic E-state index is 12.1. The molecule has 0 atom stereocenters. The molecule has 128 valence electrons. The summed E-state index contributed by atoms with van der Waals surface area (Å²) in [5.41, 5.74) is 0.913. The van der Waals surface area contributed by atoms with Crippen LogP contribution in [-0.4, -0.2) is 34.2 Å². The van der Waals surface area contributed by atoms with Crippen LogP contribution in [0.25, 0.3) is 0 Å². The number of likely N-dealkylation sites (tertiary alicyclic amines) is 1. The van der Waals surface area contributed by atoms with Crippen molar-refractivity contribution >= 4 is 17.7 Å². The zero-order valence-electron chi connectivity index (χ0n) is 12.7. The summed E-state index contributed by atoms with van der Waals surface area (Å²) in [5.74, 6) is 1.19. The molecule has 1 aliphatic rings. The van der Waals surface area contributed by atoms with Crippen LogP contribution in [0.5, 0.6) is 5.75 Å². The SMILES string of the molecule is O=C1CCCN1Cc1nnc(SCc2ccc(OC(F)F)cc2)o1. The number of benzene rings is 1. The number of carbonyl (C=O) groups excluding carboxylic acids is 1. The summed E-state index contributed by atoms with van der Waals surface area (Å²) in [7, 11) is 0. The number of amides is 1. The van der Waals surface area contributed by atoms with E-state index in [1.165, 1.54) is 23.9 Å². The van der Waals surface area contributed by atoms with E-state index in [9.17, 15) is 13.6 Å². The highest BCUT2D eigenvalue weighted by Crippen LogP contribution is 2.24. The van der Waals surface area contributed by atoms with Crippen LogP contribution < -0.4 is 4.74 Å². The fourth-order valence-electron chi connectivity index (χ4n) is 2.31. The van der Waals surface area contributed by atoms with Gasteiger partial charge in [-0.1, -0.05) is 23.9 Å². The molecule has 1 saturated heterocycles. The van der Waals surface area contributed by atoms with E-state index in [0.29, 0.717) is 29.8 Å². The van der Waals surface area contributed by atoms with E-state index < -0.39 is 6.61 Å². The molecule has 0 aliphatic carbocycles. The smallest absolute Gasteiger partial charge is 0.387 e. The third-order valence-electron chi connectivity index (χ3n) is 3.46. The largest absolute Gasteiger partial charge is 0.435 e. The number of rotatable bonds is 7. The minimum Gasteiger partial charge on any atom is -0.435 e. The van der Waals surface area contributed by atoms with Gasteiger partial charge in [0.1, 0.15) is 5.75 Å². The van der Waals surface area contributed by atoms with Crippen LogP contribution in [0.4, 0.5) is 8.78 Å². The first kappa shape index (κ1) is 16.7. The van der Waals surface area contributed by atoms with Crippen molar-refractivity contribution in [3.05, 3.63) is 35.7 Å². The summed E-state index contributed by atoms with van der Waals surface area (Å²) >= 11 is 1.34. The third-order valence-corrected chi connectivity index (χ3v) is 4.35. The van der Waals surface area contributed by atoms with Gasteiger partial charge in [-0.25, -0.2) is 0 Å². The summed E-state index contributed by atoms with van der Waals surface area (Å²) in [6, 6.07) is 6.37. The number of aromatic nitrogens is 2. The Labute approximate surface area is 141 Å². The lowest BCUT2D eigenvalue weighted by Gasteiger charge is -2.11. The second kappa shape index (κ2) is 7.61. The highest BCUT2D eigenvalue weighted by Gasteiger charge is 2.22. The Morgan fingerprint density at radius 1 is 1.29 bits per heavy atom. The summed E-state index contributed by atoms with van der Waals surface area (Å²) < 4.78 is 34.0. The molecule has 0 radical (unpaired) electrons. The topological polar surface area (TPSA) is 68.5 Å². The van der Waals surface area contributed by atoms with Gasteiger partial charge in [0.05, 0.1) is 6.54 Å². The number of alkyl halides is 2. The summed E-state index contributed by atoms with van der Waals surface area (Å²) in [5, 5.41) is 8.29. The summed E-state index contributed by atoms with van der Waals surface area (Å²) in [6.07, 6.45) is 1.43. The van der Waals surface area contributed by atoms with Gasteiger partial charge >= 0.3 is 6.61 Å². The normalized spacial score (nSPS) is 14.6. The first-order valence-electron chi connectivity index (χ1n) is 7.37. The van der Waals surface area contributed by atoms with Gasteiger partial charge in [0.25, 0.3) is 5.22 Å².